The molecule has 3 N–H and O–H groups in total. The molecule has 0 aliphatic heterocycles. The van der Waals surface area contributed by atoms with Crippen molar-refractivity contribution in [2.75, 3.05) is 5.32 Å². The molecule has 0 aliphatic rings. The number of hydrogen-bond acceptors (Lipinski definition) is 3. The summed E-state index contributed by atoms with van der Waals surface area (Å²) in [4.78, 5) is 12.1. The van der Waals surface area contributed by atoms with Crippen LogP contribution in [0.2, 0.25) is 0 Å². The van der Waals surface area contributed by atoms with E-state index in [4.69, 9.17) is 11.0 Å². The first-order valence-electron chi connectivity index (χ1n) is 6.34. The van der Waals surface area contributed by atoms with Gasteiger partial charge in [-0.1, -0.05) is 30.3 Å². The van der Waals surface area contributed by atoms with Crippen LogP contribution in [0.25, 0.3) is 0 Å². The lowest BCUT2D eigenvalue weighted by molar-refractivity contribution is -0.117. The Morgan fingerprint density at radius 1 is 1.33 bits per heavy atom. The Labute approximate surface area is 122 Å². The molecule has 2 rings (SSSR count). The fourth-order valence-corrected chi connectivity index (χ4v) is 1.90. The Hall–Kier alpha value is -2.71. The van der Waals surface area contributed by atoms with Crippen LogP contribution in [0.1, 0.15) is 22.7 Å². The van der Waals surface area contributed by atoms with Crippen molar-refractivity contribution in [3.63, 3.8) is 0 Å². The van der Waals surface area contributed by atoms with Gasteiger partial charge >= 0.3 is 0 Å². The summed E-state index contributed by atoms with van der Waals surface area (Å²) in [6.07, 6.45) is 0. The molecule has 0 saturated carbocycles. The van der Waals surface area contributed by atoms with E-state index in [2.05, 4.69) is 5.32 Å². The van der Waals surface area contributed by atoms with E-state index in [1.807, 2.05) is 12.1 Å². The molecular formula is C16H14FN3O. The van der Waals surface area contributed by atoms with Gasteiger partial charge in [0.1, 0.15) is 11.9 Å². The van der Waals surface area contributed by atoms with Gasteiger partial charge in [0.25, 0.3) is 0 Å². The Morgan fingerprint density at radius 2 is 2.00 bits per heavy atom. The van der Waals surface area contributed by atoms with Crippen LogP contribution in [0.3, 0.4) is 0 Å². The van der Waals surface area contributed by atoms with Crippen LogP contribution in [-0.4, -0.2) is 5.91 Å². The van der Waals surface area contributed by atoms with Gasteiger partial charge < -0.3 is 11.1 Å². The number of nitrogens with one attached hydrogen (secondary N) is 1. The van der Waals surface area contributed by atoms with Crippen molar-refractivity contribution in [1.29, 1.82) is 5.26 Å². The van der Waals surface area contributed by atoms with Gasteiger partial charge in [-0.3, -0.25) is 4.79 Å². The Morgan fingerprint density at radius 3 is 2.62 bits per heavy atom. The van der Waals surface area contributed by atoms with Crippen molar-refractivity contribution in [2.45, 2.75) is 13.0 Å². The Balaban J connectivity index is 2.24. The van der Waals surface area contributed by atoms with Crippen molar-refractivity contribution in [2.24, 2.45) is 5.73 Å². The lowest BCUT2D eigenvalue weighted by atomic mass is 10.1. The summed E-state index contributed by atoms with van der Waals surface area (Å²) in [6.45, 7) is 1.53. The molecule has 0 spiro atoms. The predicted octanol–water partition coefficient (Wildman–Crippen LogP) is 2.64. The molecule has 1 amide bonds. The zero-order chi connectivity index (χ0) is 15.4. The summed E-state index contributed by atoms with van der Waals surface area (Å²) in [5.41, 5.74) is 7.19. The highest BCUT2D eigenvalue weighted by atomic mass is 19.1. The van der Waals surface area contributed by atoms with Gasteiger partial charge in [-0.05, 0) is 24.6 Å². The van der Waals surface area contributed by atoms with Crippen LogP contribution in [0.15, 0.2) is 42.5 Å². The van der Waals surface area contributed by atoms with Gasteiger partial charge in [-0.25, -0.2) is 4.39 Å². The molecule has 0 fully saturated rings. The molecular weight excluding hydrogens is 269 g/mol. The Kier molecular flexibility index (Phi) is 4.31. The van der Waals surface area contributed by atoms with Crippen molar-refractivity contribution < 1.29 is 9.18 Å². The maximum atomic E-state index is 13.7. The zero-order valence-electron chi connectivity index (χ0n) is 11.4. The van der Waals surface area contributed by atoms with E-state index in [0.29, 0.717) is 5.56 Å². The van der Waals surface area contributed by atoms with E-state index in [1.54, 1.807) is 24.3 Å². The highest BCUT2D eigenvalue weighted by Gasteiger charge is 2.17. The van der Waals surface area contributed by atoms with E-state index in [9.17, 15) is 9.18 Å². The summed E-state index contributed by atoms with van der Waals surface area (Å²) in [6, 6.07) is 12.4. The average molecular weight is 283 g/mol. The van der Waals surface area contributed by atoms with Crippen molar-refractivity contribution in [1.82, 2.24) is 0 Å². The Bertz CT molecular complexity index is 707. The molecule has 0 aliphatic carbocycles. The number of hydrogen-bond donors (Lipinski definition) is 2. The quantitative estimate of drug-likeness (QED) is 0.908. The number of benzene rings is 2. The number of anilines is 1. The summed E-state index contributed by atoms with van der Waals surface area (Å²) < 4.78 is 13.7. The lowest BCUT2D eigenvalue weighted by Gasteiger charge is -2.14. The third kappa shape index (κ3) is 3.25. The van der Waals surface area contributed by atoms with E-state index < -0.39 is 17.8 Å². The van der Waals surface area contributed by atoms with Crippen LogP contribution < -0.4 is 11.1 Å². The molecule has 1 atom stereocenters. The SMILES string of the molecule is Cc1c(F)cc(C#N)cc1NC(=O)C(N)c1ccccc1. The molecule has 2 aromatic carbocycles. The first kappa shape index (κ1) is 14.7. The van der Waals surface area contributed by atoms with E-state index in [-0.39, 0.29) is 16.8 Å². The first-order valence-corrected chi connectivity index (χ1v) is 6.34. The second-order valence-corrected chi connectivity index (χ2v) is 4.62. The standard InChI is InChI=1S/C16H14FN3O/c1-10-13(17)7-11(9-18)8-14(10)20-16(21)15(19)12-5-3-2-4-6-12/h2-8,15H,19H2,1H3,(H,20,21). The number of halogens is 1. The van der Waals surface area contributed by atoms with Gasteiger partial charge in [-0.2, -0.15) is 5.26 Å². The van der Waals surface area contributed by atoms with Crippen LogP contribution in [-0.2, 0) is 4.79 Å². The average Bonchev–Trinajstić information content (AvgIpc) is 2.51. The largest absolute Gasteiger partial charge is 0.324 e. The number of nitrogens with two attached hydrogens (primary N) is 1. The molecule has 0 saturated heterocycles. The number of nitrogens with zero attached hydrogens (tertiary/aromatic N) is 1. The molecule has 21 heavy (non-hydrogen) atoms. The summed E-state index contributed by atoms with van der Waals surface area (Å²) in [5.74, 6) is -1.00. The van der Waals surface area contributed by atoms with Gasteiger partial charge in [0, 0.05) is 11.3 Å². The number of carbonyl (C=O) groups excluding carboxylic acids is 1. The lowest BCUT2D eigenvalue weighted by Crippen LogP contribution is -2.28. The van der Waals surface area contributed by atoms with Crippen molar-refractivity contribution in [3.8, 4) is 6.07 Å². The molecule has 2 aromatic rings. The van der Waals surface area contributed by atoms with E-state index in [0.717, 1.165) is 6.07 Å². The molecule has 1 unspecified atom stereocenters. The molecule has 4 nitrogen and oxygen atoms in total. The second kappa shape index (κ2) is 6.16. The van der Waals surface area contributed by atoms with Crippen LogP contribution in [0.5, 0.6) is 0 Å². The summed E-state index contributed by atoms with van der Waals surface area (Å²) in [5, 5.41) is 11.4. The molecule has 106 valence electrons. The number of rotatable bonds is 3. The number of carbonyl (C=O) groups is 1. The molecule has 0 radical (unpaired) electrons. The molecule has 5 heteroatoms. The van der Waals surface area contributed by atoms with Gasteiger partial charge in [-0.15, -0.1) is 0 Å². The second-order valence-electron chi connectivity index (χ2n) is 4.62. The van der Waals surface area contributed by atoms with Crippen LogP contribution in [0.4, 0.5) is 10.1 Å². The van der Waals surface area contributed by atoms with Gasteiger partial charge in [0.05, 0.1) is 11.6 Å². The fraction of sp³-hybridized carbons (Fsp3) is 0.125. The number of amides is 1. The van der Waals surface area contributed by atoms with Crippen molar-refractivity contribution >= 4 is 11.6 Å². The summed E-state index contributed by atoms with van der Waals surface area (Å²) >= 11 is 0. The minimum atomic E-state index is -0.862. The highest BCUT2D eigenvalue weighted by molar-refractivity contribution is 5.96. The van der Waals surface area contributed by atoms with Crippen LogP contribution >= 0.6 is 0 Å². The topological polar surface area (TPSA) is 78.9 Å². The maximum absolute atomic E-state index is 13.7. The fourth-order valence-electron chi connectivity index (χ4n) is 1.90. The smallest absolute Gasteiger partial charge is 0.245 e. The monoisotopic (exact) mass is 283 g/mol. The molecule has 0 heterocycles. The highest BCUT2D eigenvalue weighted by Crippen LogP contribution is 2.22. The predicted molar refractivity (Wildman–Crippen MR) is 77.9 cm³/mol. The first-order chi connectivity index (χ1) is 10.0. The van der Waals surface area contributed by atoms with E-state index in [1.165, 1.54) is 13.0 Å². The summed E-state index contributed by atoms with van der Waals surface area (Å²) in [7, 11) is 0. The molecule has 0 bridgehead atoms. The van der Waals surface area contributed by atoms with Gasteiger partial charge in [0.15, 0.2) is 0 Å². The minimum Gasteiger partial charge on any atom is -0.324 e. The minimum absolute atomic E-state index is 0.140. The third-order valence-electron chi connectivity index (χ3n) is 3.17. The zero-order valence-corrected chi connectivity index (χ0v) is 11.4. The van der Waals surface area contributed by atoms with Crippen LogP contribution in [0, 0.1) is 24.1 Å². The molecule has 0 aromatic heterocycles. The van der Waals surface area contributed by atoms with E-state index >= 15 is 0 Å². The van der Waals surface area contributed by atoms with Crippen molar-refractivity contribution in [3.05, 3.63) is 65.0 Å². The van der Waals surface area contributed by atoms with Gasteiger partial charge in [0.2, 0.25) is 5.91 Å². The number of nitriles is 1. The maximum Gasteiger partial charge on any atom is 0.245 e. The third-order valence-corrected chi connectivity index (χ3v) is 3.17. The normalized spacial score (nSPS) is 11.5.